The van der Waals surface area contributed by atoms with Gasteiger partial charge in [0.15, 0.2) is 0 Å². The maximum Gasteiger partial charge on any atom is 0.230 e. The standard InChI is InChI=1S/C12H19N3O2S/c1-8-6-7-9(18(5,13)17)10(14-8)15-11(16)12(2,3)4/h6-7,13H,1-5H3,(H,14,15,16). The average molecular weight is 269 g/mol. The van der Waals surface area contributed by atoms with Crippen LogP contribution in [0.1, 0.15) is 26.5 Å². The predicted octanol–water partition coefficient (Wildman–Crippen LogP) is 2.41. The minimum atomic E-state index is -2.92. The second-order valence-electron chi connectivity index (χ2n) is 5.35. The Morgan fingerprint density at radius 1 is 1.39 bits per heavy atom. The number of hydrogen-bond acceptors (Lipinski definition) is 4. The fourth-order valence-electron chi connectivity index (χ4n) is 1.24. The maximum absolute atomic E-state index is 11.9. The summed E-state index contributed by atoms with van der Waals surface area (Å²) >= 11 is 0. The Kier molecular flexibility index (Phi) is 3.81. The van der Waals surface area contributed by atoms with Gasteiger partial charge in [0.25, 0.3) is 0 Å². The minimum Gasteiger partial charge on any atom is -0.309 e. The molecule has 5 nitrogen and oxygen atoms in total. The SMILES string of the molecule is Cc1ccc(S(C)(=N)=O)c(NC(=O)C(C)(C)C)n1. The number of carbonyl (C=O) groups excluding carboxylic acids is 1. The van der Waals surface area contributed by atoms with Gasteiger partial charge in [0.1, 0.15) is 5.82 Å². The molecule has 0 aliphatic heterocycles. The number of carbonyl (C=O) groups is 1. The molecule has 2 N–H and O–H groups in total. The molecule has 0 aromatic carbocycles. The molecule has 0 aliphatic rings. The van der Waals surface area contributed by atoms with E-state index in [4.69, 9.17) is 4.78 Å². The number of hydrogen-bond donors (Lipinski definition) is 2. The summed E-state index contributed by atoms with van der Waals surface area (Å²) in [4.78, 5) is 16.3. The number of nitrogens with zero attached hydrogens (tertiary/aromatic N) is 1. The quantitative estimate of drug-likeness (QED) is 0.864. The largest absolute Gasteiger partial charge is 0.309 e. The summed E-state index contributed by atoms with van der Waals surface area (Å²) < 4.78 is 19.4. The van der Waals surface area contributed by atoms with E-state index in [2.05, 4.69) is 10.3 Å². The first-order valence-electron chi connectivity index (χ1n) is 5.55. The minimum absolute atomic E-state index is 0.217. The lowest BCUT2D eigenvalue weighted by Gasteiger charge is -2.19. The molecule has 0 saturated heterocycles. The van der Waals surface area contributed by atoms with Crippen LogP contribution in [0.15, 0.2) is 17.0 Å². The molecule has 1 rings (SSSR count). The van der Waals surface area contributed by atoms with Crippen LogP contribution in [-0.2, 0) is 14.5 Å². The van der Waals surface area contributed by atoms with Crippen molar-refractivity contribution in [2.24, 2.45) is 5.41 Å². The topological polar surface area (TPSA) is 82.9 Å². The molecular formula is C12H19N3O2S. The predicted molar refractivity (Wildman–Crippen MR) is 72.1 cm³/mol. The van der Waals surface area contributed by atoms with Crippen LogP contribution in [0.4, 0.5) is 5.82 Å². The van der Waals surface area contributed by atoms with Crippen molar-refractivity contribution in [3.63, 3.8) is 0 Å². The van der Waals surface area contributed by atoms with Crippen LogP contribution in [0.25, 0.3) is 0 Å². The van der Waals surface area contributed by atoms with Crippen LogP contribution in [0, 0.1) is 17.1 Å². The van der Waals surface area contributed by atoms with Crippen LogP contribution >= 0.6 is 0 Å². The van der Waals surface area contributed by atoms with Gasteiger partial charge in [-0.15, -0.1) is 0 Å². The molecule has 0 spiro atoms. The number of amides is 1. The van der Waals surface area contributed by atoms with Gasteiger partial charge in [-0.25, -0.2) is 14.0 Å². The van der Waals surface area contributed by atoms with Crippen LogP contribution < -0.4 is 5.32 Å². The van der Waals surface area contributed by atoms with E-state index in [0.29, 0.717) is 5.69 Å². The van der Waals surface area contributed by atoms with Crippen molar-refractivity contribution in [3.8, 4) is 0 Å². The van der Waals surface area contributed by atoms with Crippen LogP contribution in [0.5, 0.6) is 0 Å². The normalized spacial score (nSPS) is 14.9. The molecule has 0 fully saturated rings. The molecule has 1 aromatic heterocycles. The highest BCUT2D eigenvalue weighted by atomic mass is 32.2. The molecule has 0 radical (unpaired) electrons. The Labute approximate surface area is 108 Å². The summed E-state index contributed by atoms with van der Waals surface area (Å²) in [5.41, 5.74) is 0.130. The highest BCUT2D eigenvalue weighted by Crippen LogP contribution is 2.23. The molecule has 1 heterocycles. The fourth-order valence-corrected chi connectivity index (χ4v) is 2.04. The first-order valence-corrected chi connectivity index (χ1v) is 7.51. The van der Waals surface area contributed by atoms with E-state index in [0.717, 1.165) is 0 Å². The molecule has 1 unspecified atom stereocenters. The Hall–Kier alpha value is -1.43. The number of pyridine rings is 1. The molecule has 0 aliphatic carbocycles. The summed E-state index contributed by atoms with van der Waals surface area (Å²) in [5, 5.41) is 2.65. The molecule has 1 amide bonds. The van der Waals surface area contributed by atoms with Gasteiger partial charge in [0, 0.05) is 17.4 Å². The molecule has 1 atom stereocenters. The molecular weight excluding hydrogens is 250 g/mol. The Balaban J connectivity index is 3.24. The van der Waals surface area contributed by atoms with Gasteiger partial charge in [0.05, 0.1) is 14.6 Å². The van der Waals surface area contributed by atoms with E-state index in [-0.39, 0.29) is 16.6 Å². The van der Waals surface area contributed by atoms with Crippen molar-refractivity contribution in [1.82, 2.24) is 4.98 Å². The van der Waals surface area contributed by atoms with Gasteiger partial charge in [0.2, 0.25) is 5.91 Å². The second kappa shape index (κ2) is 4.68. The monoisotopic (exact) mass is 269 g/mol. The third-order valence-corrected chi connectivity index (χ3v) is 3.50. The summed E-state index contributed by atoms with van der Waals surface area (Å²) in [6, 6.07) is 3.26. The van der Waals surface area contributed by atoms with E-state index >= 15 is 0 Å². The lowest BCUT2D eigenvalue weighted by atomic mass is 9.96. The molecule has 100 valence electrons. The van der Waals surface area contributed by atoms with Crippen LogP contribution in [0.2, 0.25) is 0 Å². The number of rotatable bonds is 2. The third kappa shape index (κ3) is 3.53. The molecule has 0 saturated carbocycles. The zero-order chi connectivity index (χ0) is 14.1. The Morgan fingerprint density at radius 2 is 1.94 bits per heavy atom. The van der Waals surface area contributed by atoms with Crippen LogP contribution in [0.3, 0.4) is 0 Å². The highest BCUT2D eigenvalue weighted by molar-refractivity contribution is 7.91. The first kappa shape index (κ1) is 14.6. The van der Waals surface area contributed by atoms with Crippen molar-refractivity contribution >= 4 is 21.5 Å². The van der Waals surface area contributed by atoms with Gasteiger partial charge in [-0.1, -0.05) is 20.8 Å². The van der Waals surface area contributed by atoms with Gasteiger partial charge >= 0.3 is 0 Å². The van der Waals surface area contributed by atoms with Crippen molar-refractivity contribution in [1.29, 1.82) is 4.78 Å². The summed E-state index contributed by atoms with van der Waals surface area (Å²) in [6.45, 7) is 7.11. The number of aryl methyl sites for hydroxylation is 1. The first-order chi connectivity index (χ1) is 8.01. The summed E-state index contributed by atoms with van der Waals surface area (Å²) in [5.74, 6) is 0.00271. The van der Waals surface area contributed by atoms with Gasteiger partial charge in [-0.2, -0.15) is 0 Å². The van der Waals surface area contributed by atoms with Crippen molar-refractivity contribution in [3.05, 3.63) is 17.8 Å². The van der Waals surface area contributed by atoms with E-state index in [1.807, 2.05) is 0 Å². The lowest BCUT2D eigenvalue weighted by molar-refractivity contribution is -0.123. The van der Waals surface area contributed by atoms with Crippen molar-refractivity contribution < 1.29 is 9.00 Å². The fraction of sp³-hybridized carbons (Fsp3) is 0.500. The lowest BCUT2D eigenvalue weighted by Crippen LogP contribution is -2.28. The zero-order valence-corrected chi connectivity index (χ0v) is 12.1. The highest BCUT2D eigenvalue weighted by Gasteiger charge is 2.23. The maximum atomic E-state index is 11.9. The zero-order valence-electron chi connectivity index (χ0n) is 11.3. The molecule has 0 bridgehead atoms. The van der Waals surface area contributed by atoms with Crippen molar-refractivity contribution in [2.45, 2.75) is 32.6 Å². The van der Waals surface area contributed by atoms with Gasteiger partial charge < -0.3 is 5.32 Å². The number of anilines is 1. The smallest absolute Gasteiger partial charge is 0.230 e. The van der Waals surface area contributed by atoms with Crippen LogP contribution in [-0.4, -0.2) is 21.4 Å². The van der Waals surface area contributed by atoms with Gasteiger partial charge in [-0.05, 0) is 19.1 Å². The molecule has 1 aromatic rings. The number of aromatic nitrogens is 1. The van der Waals surface area contributed by atoms with E-state index in [9.17, 15) is 9.00 Å². The molecule has 18 heavy (non-hydrogen) atoms. The Morgan fingerprint density at radius 3 is 2.39 bits per heavy atom. The van der Waals surface area contributed by atoms with Crippen molar-refractivity contribution in [2.75, 3.05) is 11.6 Å². The Bertz CT molecular complexity index is 571. The van der Waals surface area contributed by atoms with Gasteiger partial charge in [-0.3, -0.25) is 4.79 Å². The summed E-state index contributed by atoms with van der Waals surface area (Å²) in [7, 11) is -2.92. The van der Waals surface area contributed by atoms with E-state index < -0.39 is 15.1 Å². The van der Waals surface area contributed by atoms with E-state index in [1.165, 1.54) is 6.26 Å². The second-order valence-corrected chi connectivity index (χ2v) is 7.47. The average Bonchev–Trinajstić information content (AvgIpc) is 2.13. The summed E-state index contributed by atoms with van der Waals surface area (Å²) in [6.07, 6.45) is 1.31. The van der Waals surface area contributed by atoms with E-state index in [1.54, 1.807) is 39.8 Å². The third-order valence-electron chi connectivity index (χ3n) is 2.33. The number of nitrogens with one attached hydrogen (secondary N) is 2. The molecule has 6 heteroatoms.